The van der Waals surface area contributed by atoms with E-state index in [0.717, 1.165) is 24.9 Å². The van der Waals surface area contributed by atoms with Gasteiger partial charge in [0.05, 0.1) is 0 Å². The van der Waals surface area contributed by atoms with E-state index >= 15 is 0 Å². The van der Waals surface area contributed by atoms with Crippen LogP contribution < -0.4 is 4.74 Å². The molecule has 110 valence electrons. The monoisotopic (exact) mass is 278 g/mol. The second kappa shape index (κ2) is 6.10. The van der Waals surface area contributed by atoms with Gasteiger partial charge in [-0.1, -0.05) is 0 Å². The Bertz CT molecular complexity index is 437. The molecule has 0 aliphatic carbocycles. The first kappa shape index (κ1) is 13.8. The Hall–Kier alpha value is -1.13. The van der Waals surface area contributed by atoms with Gasteiger partial charge in [0.1, 0.15) is 18.2 Å². The standard InChI is InChI=1S/C16H23FN2O/c1-13-11-19-8-2-3-15(19)12-18(13)9-10-20-16-6-4-14(17)5-7-16/h4-7,13,15H,2-3,8-12H2,1H3. The van der Waals surface area contributed by atoms with Crippen molar-refractivity contribution in [3.8, 4) is 5.75 Å². The maximum atomic E-state index is 12.8. The van der Waals surface area contributed by atoms with E-state index in [1.807, 2.05) is 0 Å². The van der Waals surface area contributed by atoms with Crippen molar-refractivity contribution in [2.24, 2.45) is 0 Å². The topological polar surface area (TPSA) is 15.7 Å². The molecule has 4 heteroatoms. The summed E-state index contributed by atoms with van der Waals surface area (Å²) in [6.45, 7) is 7.53. The predicted molar refractivity (Wildman–Crippen MR) is 77.5 cm³/mol. The minimum Gasteiger partial charge on any atom is -0.492 e. The molecule has 0 radical (unpaired) electrons. The zero-order chi connectivity index (χ0) is 13.9. The van der Waals surface area contributed by atoms with Gasteiger partial charge in [-0.2, -0.15) is 0 Å². The van der Waals surface area contributed by atoms with Gasteiger partial charge in [-0.3, -0.25) is 9.80 Å². The highest BCUT2D eigenvalue weighted by Gasteiger charge is 2.33. The quantitative estimate of drug-likeness (QED) is 0.841. The largest absolute Gasteiger partial charge is 0.492 e. The molecule has 3 nitrogen and oxygen atoms in total. The number of hydrogen-bond donors (Lipinski definition) is 0. The van der Waals surface area contributed by atoms with Gasteiger partial charge in [0.2, 0.25) is 0 Å². The van der Waals surface area contributed by atoms with Gasteiger partial charge in [0.15, 0.2) is 0 Å². The molecular formula is C16H23FN2O. The second-order valence-electron chi connectivity index (χ2n) is 5.94. The number of ether oxygens (including phenoxy) is 1. The Morgan fingerprint density at radius 3 is 2.85 bits per heavy atom. The number of halogens is 1. The van der Waals surface area contributed by atoms with Crippen LogP contribution in [0.25, 0.3) is 0 Å². The maximum Gasteiger partial charge on any atom is 0.123 e. The Labute approximate surface area is 120 Å². The van der Waals surface area contributed by atoms with Gasteiger partial charge in [-0.05, 0) is 50.6 Å². The summed E-state index contributed by atoms with van der Waals surface area (Å²) in [5.41, 5.74) is 0. The normalized spacial score (nSPS) is 27.5. The summed E-state index contributed by atoms with van der Waals surface area (Å²) >= 11 is 0. The van der Waals surface area contributed by atoms with Gasteiger partial charge in [-0.25, -0.2) is 4.39 Å². The van der Waals surface area contributed by atoms with Crippen LogP contribution in [-0.2, 0) is 0 Å². The van der Waals surface area contributed by atoms with E-state index in [0.29, 0.717) is 12.6 Å². The molecule has 0 bridgehead atoms. The van der Waals surface area contributed by atoms with Crippen molar-refractivity contribution in [3.05, 3.63) is 30.1 Å². The molecule has 1 aromatic rings. The highest BCUT2D eigenvalue weighted by molar-refractivity contribution is 5.21. The first-order valence-corrected chi connectivity index (χ1v) is 7.59. The summed E-state index contributed by atoms with van der Waals surface area (Å²) in [6.07, 6.45) is 2.68. The van der Waals surface area contributed by atoms with Crippen LogP contribution in [0.5, 0.6) is 5.75 Å². The van der Waals surface area contributed by atoms with Crippen molar-refractivity contribution < 1.29 is 9.13 Å². The molecule has 3 rings (SSSR count). The van der Waals surface area contributed by atoms with Crippen molar-refractivity contribution >= 4 is 0 Å². The van der Waals surface area contributed by atoms with Crippen LogP contribution in [-0.4, -0.2) is 54.7 Å². The maximum absolute atomic E-state index is 12.8. The second-order valence-corrected chi connectivity index (χ2v) is 5.94. The third kappa shape index (κ3) is 3.13. The number of hydrogen-bond acceptors (Lipinski definition) is 3. The van der Waals surface area contributed by atoms with Gasteiger partial charge in [0.25, 0.3) is 0 Å². The lowest BCUT2D eigenvalue weighted by atomic mass is 10.1. The van der Waals surface area contributed by atoms with Crippen LogP contribution >= 0.6 is 0 Å². The van der Waals surface area contributed by atoms with Crippen LogP contribution in [0.15, 0.2) is 24.3 Å². The minimum absolute atomic E-state index is 0.219. The molecule has 2 atom stereocenters. The van der Waals surface area contributed by atoms with Gasteiger partial charge >= 0.3 is 0 Å². The summed E-state index contributed by atoms with van der Waals surface area (Å²) < 4.78 is 18.5. The molecule has 2 aliphatic rings. The molecule has 2 heterocycles. The van der Waals surface area contributed by atoms with Crippen molar-refractivity contribution in [1.29, 1.82) is 0 Å². The zero-order valence-electron chi connectivity index (χ0n) is 12.1. The van der Waals surface area contributed by atoms with E-state index in [-0.39, 0.29) is 5.82 Å². The molecule has 0 N–H and O–H groups in total. The molecule has 2 saturated heterocycles. The van der Waals surface area contributed by atoms with Crippen LogP contribution in [0.3, 0.4) is 0 Å². The first-order valence-electron chi connectivity index (χ1n) is 7.59. The lowest BCUT2D eigenvalue weighted by molar-refractivity contribution is 0.0500. The molecule has 20 heavy (non-hydrogen) atoms. The SMILES string of the molecule is CC1CN2CCCC2CN1CCOc1ccc(F)cc1. The van der Waals surface area contributed by atoms with E-state index in [1.54, 1.807) is 12.1 Å². The summed E-state index contributed by atoms with van der Waals surface area (Å²) in [5, 5.41) is 0. The summed E-state index contributed by atoms with van der Waals surface area (Å²) in [6, 6.07) is 7.60. The molecule has 0 saturated carbocycles. The van der Waals surface area contributed by atoms with E-state index in [2.05, 4.69) is 16.7 Å². The van der Waals surface area contributed by atoms with E-state index in [9.17, 15) is 4.39 Å². The third-order valence-electron chi connectivity index (χ3n) is 4.53. The Balaban J connectivity index is 1.47. The van der Waals surface area contributed by atoms with Gasteiger partial charge in [-0.15, -0.1) is 0 Å². The Kier molecular flexibility index (Phi) is 4.22. The molecule has 2 aliphatic heterocycles. The fourth-order valence-electron chi connectivity index (χ4n) is 3.37. The highest BCUT2D eigenvalue weighted by atomic mass is 19.1. The zero-order valence-corrected chi connectivity index (χ0v) is 12.1. The fourth-order valence-corrected chi connectivity index (χ4v) is 3.37. The molecule has 0 aromatic heterocycles. The molecule has 1 aromatic carbocycles. The van der Waals surface area contributed by atoms with Crippen LogP contribution in [0.1, 0.15) is 19.8 Å². The fraction of sp³-hybridized carbons (Fsp3) is 0.625. The number of nitrogens with zero attached hydrogens (tertiary/aromatic N) is 2. The van der Waals surface area contributed by atoms with E-state index in [1.165, 1.54) is 38.1 Å². The van der Waals surface area contributed by atoms with E-state index < -0.39 is 0 Å². The first-order chi connectivity index (χ1) is 9.72. The summed E-state index contributed by atoms with van der Waals surface area (Å²) in [7, 11) is 0. The summed E-state index contributed by atoms with van der Waals surface area (Å²) in [5.74, 6) is 0.530. The summed E-state index contributed by atoms with van der Waals surface area (Å²) in [4.78, 5) is 5.15. The molecule has 2 fully saturated rings. The van der Waals surface area contributed by atoms with Crippen LogP contribution in [0.4, 0.5) is 4.39 Å². The van der Waals surface area contributed by atoms with Crippen molar-refractivity contribution in [2.75, 3.05) is 32.8 Å². The average molecular weight is 278 g/mol. The lowest BCUT2D eigenvalue weighted by Crippen LogP contribution is -2.55. The lowest BCUT2D eigenvalue weighted by Gasteiger charge is -2.42. The highest BCUT2D eigenvalue weighted by Crippen LogP contribution is 2.24. The van der Waals surface area contributed by atoms with Crippen molar-refractivity contribution in [2.45, 2.75) is 31.8 Å². The van der Waals surface area contributed by atoms with E-state index in [4.69, 9.17) is 4.74 Å². The molecule has 0 spiro atoms. The van der Waals surface area contributed by atoms with Crippen LogP contribution in [0.2, 0.25) is 0 Å². The predicted octanol–water partition coefficient (Wildman–Crippen LogP) is 2.37. The Morgan fingerprint density at radius 1 is 1.25 bits per heavy atom. The Morgan fingerprint density at radius 2 is 2.05 bits per heavy atom. The van der Waals surface area contributed by atoms with Crippen molar-refractivity contribution in [3.63, 3.8) is 0 Å². The average Bonchev–Trinajstić information content (AvgIpc) is 2.88. The number of rotatable bonds is 4. The smallest absolute Gasteiger partial charge is 0.123 e. The van der Waals surface area contributed by atoms with Gasteiger partial charge in [0, 0.05) is 31.7 Å². The minimum atomic E-state index is -0.219. The number of benzene rings is 1. The number of piperazine rings is 1. The van der Waals surface area contributed by atoms with Crippen LogP contribution in [0, 0.1) is 5.82 Å². The van der Waals surface area contributed by atoms with Gasteiger partial charge < -0.3 is 4.74 Å². The molecule has 2 unspecified atom stereocenters. The molecular weight excluding hydrogens is 255 g/mol. The van der Waals surface area contributed by atoms with Crippen molar-refractivity contribution in [1.82, 2.24) is 9.80 Å². The third-order valence-corrected chi connectivity index (χ3v) is 4.53. The molecule has 0 amide bonds. The number of fused-ring (bicyclic) bond motifs is 1.